The van der Waals surface area contributed by atoms with Crippen LogP contribution in [0.1, 0.15) is 32.3 Å². The first kappa shape index (κ1) is 19.3. The Balaban J connectivity index is 1.82. The Bertz CT molecular complexity index is 1000. The third kappa shape index (κ3) is 4.26. The molecular weight excluding hydrogens is 352 g/mol. The summed E-state index contributed by atoms with van der Waals surface area (Å²) in [5, 5.41) is 16.2. The summed E-state index contributed by atoms with van der Waals surface area (Å²) in [7, 11) is 0. The van der Waals surface area contributed by atoms with Crippen LogP contribution in [0.5, 0.6) is 5.75 Å². The molecule has 0 fully saturated rings. The predicted molar refractivity (Wildman–Crippen MR) is 112 cm³/mol. The molecule has 0 radical (unpaired) electrons. The molecule has 2 amide bonds. The maximum absolute atomic E-state index is 11.9. The second kappa shape index (κ2) is 8.96. The number of hydrogen-bond acceptors (Lipinski definition) is 3. The summed E-state index contributed by atoms with van der Waals surface area (Å²) < 4.78 is 5.55. The SMILES string of the molecule is CCCCNC(=O)Nc1ccc(-c2[nH]c3ccc(OCC)cc3c2C#N)cc1. The standard InChI is InChI=1S/C22H24N4O2/c1-3-5-12-24-22(27)25-16-8-6-15(7-9-16)21-19(14-23)18-13-17(28-4-2)10-11-20(18)26-21/h6-11,13,26H,3-5,12H2,1-2H3,(H2,24,25,27). The van der Waals surface area contributed by atoms with Crippen LogP contribution in [0.2, 0.25) is 0 Å². The number of urea groups is 1. The highest BCUT2D eigenvalue weighted by Crippen LogP contribution is 2.32. The molecule has 1 aromatic heterocycles. The van der Waals surface area contributed by atoms with E-state index in [2.05, 4.69) is 28.6 Å². The Kier molecular flexibility index (Phi) is 6.18. The molecule has 0 aliphatic heterocycles. The Morgan fingerprint density at radius 3 is 2.64 bits per heavy atom. The summed E-state index contributed by atoms with van der Waals surface area (Å²) >= 11 is 0. The molecule has 0 atom stereocenters. The number of unbranched alkanes of at least 4 members (excludes halogenated alkanes) is 1. The van der Waals surface area contributed by atoms with Gasteiger partial charge in [-0.1, -0.05) is 25.5 Å². The van der Waals surface area contributed by atoms with Gasteiger partial charge in [0.15, 0.2) is 0 Å². The number of anilines is 1. The average molecular weight is 376 g/mol. The predicted octanol–water partition coefficient (Wildman–Crippen LogP) is 5.03. The van der Waals surface area contributed by atoms with Crippen molar-refractivity contribution in [3.63, 3.8) is 0 Å². The molecule has 6 nitrogen and oxygen atoms in total. The Hall–Kier alpha value is -3.46. The number of benzene rings is 2. The van der Waals surface area contributed by atoms with E-state index >= 15 is 0 Å². The van der Waals surface area contributed by atoms with Crippen LogP contribution in [-0.2, 0) is 0 Å². The highest BCUT2D eigenvalue weighted by atomic mass is 16.5. The minimum Gasteiger partial charge on any atom is -0.494 e. The number of nitrogens with zero attached hydrogens (tertiary/aromatic N) is 1. The lowest BCUT2D eigenvalue weighted by Gasteiger charge is -2.08. The monoisotopic (exact) mass is 376 g/mol. The fraction of sp³-hybridized carbons (Fsp3) is 0.273. The first-order valence-electron chi connectivity index (χ1n) is 9.50. The van der Waals surface area contributed by atoms with Gasteiger partial charge in [0.2, 0.25) is 0 Å². The zero-order chi connectivity index (χ0) is 19.9. The van der Waals surface area contributed by atoms with Crippen LogP contribution >= 0.6 is 0 Å². The van der Waals surface area contributed by atoms with Crippen molar-refractivity contribution in [2.45, 2.75) is 26.7 Å². The van der Waals surface area contributed by atoms with Gasteiger partial charge < -0.3 is 20.4 Å². The van der Waals surface area contributed by atoms with Crippen molar-refractivity contribution in [2.24, 2.45) is 0 Å². The van der Waals surface area contributed by atoms with E-state index < -0.39 is 0 Å². The van der Waals surface area contributed by atoms with Crippen LogP contribution in [0.4, 0.5) is 10.5 Å². The number of hydrogen-bond donors (Lipinski definition) is 3. The maximum atomic E-state index is 11.9. The number of H-pyrrole nitrogens is 1. The van der Waals surface area contributed by atoms with Gasteiger partial charge in [0.25, 0.3) is 0 Å². The van der Waals surface area contributed by atoms with Crippen molar-refractivity contribution in [2.75, 3.05) is 18.5 Å². The molecule has 0 saturated heterocycles. The highest BCUT2D eigenvalue weighted by Gasteiger charge is 2.14. The molecule has 0 unspecified atom stereocenters. The van der Waals surface area contributed by atoms with Crippen molar-refractivity contribution in [1.29, 1.82) is 5.26 Å². The van der Waals surface area contributed by atoms with Crippen molar-refractivity contribution >= 4 is 22.6 Å². The Morgan fingerprint density at radius 1 is 1.18 bits per heavy atom. The molecule has 3 aromatic rings. The lowest BCUT2D eigenvalue weighted by atomic mass is 10.1. The van der Waals surface area contributed by atoms with Crippen molar-refractivity contribution in [1.82, 2.24) is 10.3 Å². The van der Waals surface area contributed by atoms with E-state index in [-0.39, 0.29) is 6.03 Å². The van der Waals surface area contributed by atoms with E-state index in [0.717, 1.165) is 40.8 Å². The van der Waals surface area contributed by atoms with Crippen molar-refractivity contribution in [3.05, 3.63) is 48.0 Å². The fourth-order valence-corrected chi connectivity index (χ4v) is 3.03. The molecular formula is C22H24N4O2. The minimum atomic E-state index is -0.215. The molecule has 28 heavy (non-hydrogen) atoms. The molecule has 0 aliphatic carbocycles. The van der Waals surface area contributed by atoms with Crippen LogP contribution in [0.15, 0.2) is 42.5 Å². The molecule has 0 saturated carbocycles. The molecule has 0 spiro atoms. The molecule has 3 N–H and O–H groups in total. The summed E-state index contributed by atoms with van der Waals surface area (Å²) in [6.45, 7) is 5.24. The first-order chi connectivity index (χ1) is 13.7. The summed E-state index contributed by atoms with van der Waals surface area (Å²) in [4.78, 5) is 15.2. The number of nitriles is 1. The van der Waals surface area contributed by atoms with Gasteiger partial charge in [-0.15, -0.1) is 0 Å². The van der Waals surface area contributed by atoms with Crippen LogP contribution in [0.3, 0.4) is 0 Å². The van der Waals surface area contributed by atoms with Crippen LogP contribution < -0.4 is 15.4 Å². The molecule has 2 aromatic carbocycles. The van der Waals surface area contributed by atoms with E-state index in [1.54, 1.807) is 0 Å². The summed E-state index contributed by atoms with van der Waals surface area (Å²) in [6.07, 6.45) is 1.99. The number of ether oxygens (including phenoxy) is 1. The number of carbonyl (C=O) groups excluding carboxylic acids is 1. The van der Waals surface area contributed by atoms with Crippen LogP contribution in [0.25, 0.3) is 22.2 Å². The minimum absolute atomic E-state index is 0.215. The zero-order valence-electron chi connectivity index (χ0n) is 16.1. The van der Waals surface area contributed by atoms with Gasteiger partial charge >= 0.3 is 6.03 Å². The van der Waals surface area contributed by atoms with Gasteiger partial charge in [0.05, 0.1) is 17.9 Å². The topological polar surface area (TPSA) is 89.9 Å². The molecule has 0 bridgehead atoms. The van der Waals surface area contributed by atoms with Gasteiger partial charge in [-0.3, -0.25) is 0 Å². The fourth-order valence-electron chi connectivity index (χ4n) is 3.03. The lowest BCUT2D eigenvalue weighted by Crippen LogP contribution is -2.29. The normalized spacial score (nSPS) is 10.5. The summed E-state index contributed by atoms with van der Waals surface area (Å²) in [6, 6.07) is 15.2. The molecule has 144 valence electrons. The number of fused-ring (bicyclic) bond motifs is 1. The zero-order valence-corrected chi connectivity index (χ0v) is 16.1. The summed E-state index contributed by atoms with van der Waals surface area (Å²) in [5.74, 6) is 0.741. The molecule has 6 heteroatoms. The number of aromatic nitrogens is 1. The largest absolute Gasteiger partial charge is 0.494 e. The van der Waals surface area contributed by atoms with Gasteiger partial charge in [-0.05, 0) is 49.2 Å². The Labute approximate surface area is 164 Å². The number of carbonyl (C=O) groups is 1. The second-order valence-corrected chi connectivity index (χ2v) is 6.44. The number of amides is 2. The summed E-state index contributed by atoms with van der Waals surface area (Å²) in [5.41, 5.74) is 3.79. The molecule has 1 heterocycles. The maximum Gasteiger partial charge on any atom is 0.319 e. The van der Waals surface area contributed by atoms with E-state index in [1.165, 1.54) is 0 Å². The Morgan fingerprint density at radius 2 is 1.96 bits per heavy atom. The van der Waals surface area contributed by atoms with E-state index in [0.29, 0.717) is 24.4 Å². The van der Waals surface area contributed by atoms with E-state index in [9.17, 15) is 10.1 Å². The first-order valence-corrected chi connectivity index (χ1v) is 9.50. The quantitative estimate of drug-likeness (QED) is 0.505. The second-order valence-electron chi connectivity index (χ2n) is 6.44. The van der Waals surface area contributed by atoms with Gasteiger partial charge in [0.1, 0.15) is 11.8 Å². The smallest absolute Gasteiger partial charge is 0.319 e. The van der Waals surface area contributed by atoms with Crippen molar-refractivity contribution < 1.29 is 9.53 Å². The van der Waals surface area contributed by atoms with E-state index in [4.69, 9.17) is 4.74 Å². The highest BCUT2D eigenvalue weighted by molar-refractivity contribution is 5.95. The van der Waals surface area contributed by atoms with Crippen LogP contribution in [0, 0.1) is 11.3 Å². The van der Waals surface area contributed by atoms with Gasteiger partial charge in [0, 0.05) is 23.1 Å². The third-order valence-corrected chi connectivity index (χ3v) is 4.44. The molecule has 3 rings (SSSR count). The third-order valence-electron chi connectivity index (χ3n) is 4.44. The van der Waals surface area contributed by atoms with Crippen LogP contribution in [-0.4, -0.2) is 24.2 Å². The number of aromatic amines is 1. The van der Waals surface area contributed by atoms with Crippen molar-refractivity contribution in [3.8, 4) is 23.1 Å². The number of nitrogens with one attached hydrogen (secondary N) is 3. The van der Waals surface area contributed by atoms with Gasteiger partial charge in [-0.2, -0.15) is 5.26 Å². The average Bonchev–Trinajstić information content (AvgIpc) is 3.07. The van der Waals surface area contributed by atoms with Gasteiger partial charge in [-0.25, -0.2) is 4.79 Å². The number of rotatable bonds is 7. The lowest BCUT2D eigenvalue weighted by molar-refractivity contribution is 0.252. The molecule has 0 aliphatic rings. The van der Waals surface area contributed by atoms with E-state index in [1.807, 2.05) is 49.4 Å².